The molecule has 126 valence electrons. The molecule has 1 amide bonds. The van der Waals surface area contributed by atoms with Gasteiger partial charge in [-0.25, -0.2) is 4.39 Å². The molecule has 0 radical (unpaired) electrons. The summed E-state index contributed by atoms with van der Waals surface area (Å²) >= 11 is 9.31. The number of halogens is 3. The normalized spacial score (nSPS) is 14.5. The number of carbonyl (C=O) groups excluding carboxylic acids is 1. The van der Waals surface area contributed by atoms with Crippen molar-refractivity contribution in [2.24, 2.45) is 0 Å². The van der Waals surface area contributed by atoms with Gasteiger partial charge in [-0.3, -0.25) is 4.79 Å². The van der Waals surface area contributed by atoms with Gasteiger partial charge >= 0.3 is 0 Å². The number of hydrogen-bond donors (Lipinski definition) is 1. The first-order chi connectivity index (χ1) is 11.5. The van der Waals surface area contributed by atoms with E-state index in [1.54, 1.807) is 18.2 Å². The summed E-state index contributed by atoms with van der Waals surface area (Å²) in [7, 11) is 0. The average Bonchev–Trinajstić information content (AvgIpc) is 2.58. The standard InChI is InChI=1S/C17H15BrClFN2O2/c18-11-1-3-14(20)13(9-11)17(23)21-15-10-12(19)2-4-16(15)22-5-7-24-8-6-22/h1-4,9-10H,5-8H2,(H,21,23). The minimum absolute atomic E-state index is 0.0303. The Bertz CT molecular complexity index is 766. The van der Waals surface area contributed by atoms with E-state index in [-0.39, 0.29) is 5.56 Å². The van der Waals surface area contributed by atoms with E-state index < -0.39 is 11.7 Å². The monoisotopic (exact) mass is 412 g/mol. The number of ether oxygens (including phenoxy) is 1. The van der Waals surface area contributed by atoms with Crippen molar-refractivity contribution in [2.45, 2.75) is 0 Å². The predicted molar refractivity (Wildman–Crippen MR) is 96.5 cm³/mol. The molecule has 0 spiro atoms. The second-order valence-corrected chi connectivity index (χ2v) is 6.69. The third-order valence-corrected chi connectivity index (χ3v) is 4.46. The Balaban J connectivity index is 1.89. The fourth-order valence-corrected chi connectivity index (χ4v) is 3.08. The number of hydrogen-bond acceptors (Lipinski definition) is 3. The van der Waals surface area contributed by atoms with Gasteiger partial charge in [-0.2, -0.15) is 0 Å². The van der Waals surface area contributed by atoms with Crippen LogP contribution >= 0.6 is 27.5 Å². The van der Waals surface area contributed by atoms with Crippen LogP contribution in [0.2, 0.25) is 5.02 Å². The second kappa shape index (κ2) is 7.51. The summed E-state index contributed by atoms with van der Waals surface area (Å²) in [5.41, 5.74) is 1.36. The van der Waals surface area contributed by atoms with Crippen molar-refractivity contribution in [1.29, 1.82) is 0 Å². The van der Waals surface area contributed by atoms with Crippen molar-refractivity contribution in [3.8, 4) is 0 Å². The fourth-order valence-electron chi connectivity index (χ4n) is 2.55. The Morgan fingerprint density at radius 1 is 1.21 bits per heavy atom. The second-order valence-electron chi connectivity index (χ2n) is 5.34. The Morgan fingerprint density at radius 2 is 1.96 bits per heavy atom. The molecule has 0 atom stereocenters. The third kappa shape index (κ3) is 3.88. The number of rotatable bonds is 3. The largest absolute Gasteiger partial charge is 0.378 e. The Morgan fingerprint density at radius 3 is 2.71 bits per heavy atom. The lowest BCUT2D eigenvalue weighted by molar-refractivity contribution is 0.102. The van der Waals surface area contributed by atoms with Crippen LogP contribution in [-0.2, 0) is 4.74 Å². The number of anilines is 2. The van der Waals surface area contributed by atoms with Gasteiger partial charge < -0.3 is 15.0 Å². The molecule has 0 aromatic heterocycles. The lowest BCUT2D eigenvalue weighted by atomic mass is 10.1. The van der Waals surface area contributed by atoms with Gasteiger partial charge in [0.25, 0.3) is 5.91 Å². The van der Waals surface area contributed by atoms with Crippen LogP contribution < -0.4 is 10.2 Å². The lowest BCUT2D eigenvalue weighted by Gasteiger charge is -2.30. The Labute approximate surface area is 152 Å². The van der Waals surface area contributed by atoms with E-state index >= 15 is 0 Å². The highest BCUT2D eigenvalue weighted by molar-refractivity contribution is 9.10. The zero-order valence-corrected chi connectivity index (χ0v) is 15.0. The van der Waals surface area contributed by atoms with Crippen molar-refractivity contribution in [3.05, 3.63) is 57.3 Å². The number of nitrogens with one attached hydrogen (secondary N) is 1. The molecule has 0 unspecified atom stereocenters. The highest BCUT2D eigenvalue weighted by atomic mass is 79.9. The topological polar surface area (TPSA) is 41.6 Å². The van der Waals surface area contributed by atoms with Gasteiger partial charge in [0, 0.05) is 22.6 Å². The minimum Gasteiger partial charge on any atom is -0.378 e. The molecule has 4 nitrogen and oxygen atoms in total. The van der Waals surface area contributed by atoms with Gasteiger partial charge in [0.2, 0.25) is 0 Å². The van der Waals surface area contributed by atoms with Crippen LogP contribution in [0.5, 0.6) is 0 Å². The highest BCUT2D eigenvalue weighted by Crippen LogP contribution is 2.30. The van der Waals surface area contributed by atoms with Crippen LogP contribution in [0.15, 0.2) is 40.9 Å². The number of amides is 1. The van der Waals surface area contributed by atoms with Crippen molar-refractivity contribution < 1.29 is 13.9 Å². The van der Waals surface area contributed by atoms with E-state index in [2.05, 4.69) is 26.1 Å². The summed E-state index contributed by atoms with van der Waals surface area (Å²) in [5.74, 6) is -1.10. The van der Waals surface area contributed by atoms with Crippen molar-refractivity contribution in [1.82, 2.24) is 0 Å². The number of carbonyl (C=O) groups is 1. The lowest BCUT2D eigenvalue weighted by Crippen LogP contribution is -2.36. The maximum absolute atomic E-state index is 13.9. The SMILES string of the molecule is O=C(Nc1cc(Cl)ccc1N1CCOCC1)c1cc(Br)ccc1F. The smallest absolute Gasteiger partial charge is 0.258 e. The Kier molecular flexibility index (Phi) is 5.38. The molecular formula is C17H15BrClFN2O2. The van der Waals surface area contributed by atoms with Crippen molar-refractivity contribution in [2.75, 3.05) is 36.5 Å². The highest BCUT2D eigenvalue weighted by Gasteiger charge is 2.18. The van der Waals surface area contributed by atoms with Gasteiger partial charge in [-0.15, -0.1) is 0 Å². The molecule has 0 bridgehead atoms. The van der Waals surface area contributed by atoms with Gasteiger partial charge in [0.1, 0.15) is 5.82 Å². The van der Waals surface area contributed by atoms with Gasteiger partial charge in [-0.05, 0) is 36.4 Å². The summed E-state index contributed by atoms with van der Waals surface area (Å²) in [6.45, 7) is 2.68. The van der Waals surface area contributed by atoms with Crippen LogP contribution in [0.3, 0.4) is 0 Å². The van der Waals surface area contributed by atoms with Crippen LogP contribution in [0.1, 0.15) is 10.4 Å². The maximum Gasteiger partial charge on any atom is 0.258 e. The van der Waals surface area contributed by atoms with Gasteiger partial charge in [-0.1, -0.05) is 27.5 Å². The maximum atomic E-state index is 13.9. The molecular weight excluding hydrogens is 399 g/mol. The molecule has 7 heteroatoms. The zero-order valence-electron chi connectivity index (χ0n) is 12.7. The summed E-state index contributed by atoms with van der Waals surface area (Å²) < 4.78 is 19.9. The zero-order chi connectivity index (χ0) is 17.1. The molecule has 1 aliphatic rings. The van der Waals surface area contributed by atoms with E-state index in [1.807, 2.05) is 6.07 Å². The van der Waals surface area contributed by atoms with Crippen LogP contribution in [0.4, 0.5) is 15.8 Å². The van der Waals surface area contributed by atoms with Gasteiger partial charge in [0.05, 0.1) is 30.2 Å². The molecule has 0 aliphatic carbocycles. The number of morpholine rings is 1. The predicted octanol–water partition coefficient (Wildman–Crippen LogP) is 4.33. The van der Waals surface area contributed by atoms with E-state index in [0.717, 1.165) is 18.8 Å². The fraction of sp³-hybridized carbons (Fsp3) is 0.235. The summed E-state index contributed by atoms with van der Waals surface area (Å²) in [6, 6.07) is 9.52. The van der Waals surface area contributed by atoms with Crippen molar-refractivity contribution in [3.63, 3.8) is 0 Å². The van der Waals surface area contributed by atoms with E-state index in [9.17, 15) is 9.18 Å². The molecule has 1 aliphatic heterocycles. The quantitative estimate of drug-likeness (QED) is 0.814. The van der Waals surface area contributed by atoms with Crippen LogP contribution in [-0.4, -0.2) is 32.2 Å². The molecule has 1 saturated heterocycles. The summed E-state index contributed by atoms with van der Waals surface area (Å²) in [5, 5.41) is 3.26. The first-order valence-electron chi connectivity index (χ1n) is 7.43. The van der Waals surface area contributed by atoms with E-state index in [4.69, 9.17) is 16.3 Å². The van der Waals surface area contributed by atoms with Crippen LogP contribution in [0.25, 0.3) is 0 Å². The first-order valence-corrected chi connectivity index (χ1v) is 8.60. The van der Waals surface area contributed by atoms with Crippen molar-refractivity contribution >= 4 is 44.8 Å². The molecule has 1 fully saturated rings. The number of benzene rings is 2. The summed E-state index contributed by atoms with van der Waals surface area (Å²) in [4.78, 5) is 14.6. The average molecular weight is 414 g/mol. The van der Waals surface area contributed by atoms with Crippen LogP contribution in [0, 0.1) is 5.82 Å². The molecule has 2 aromatic carbocycles. The Hall–Kier alpha value is -1.63. The molecule has 24 heavy (non-hydrogen) atoms. The molecule has 1 N–H and O–H groups in total. The molecule has 0 saturated carbocycles. The van der Waals surface area contributed by atoms with Gasteiger partial charge in [0.15, 0.2) is 0 Å². The first kappa shape index (κ1) is 17.2. The molecule has 1 heterocycles. The molecule has 2 aromatic rings. The minimum atomic E-state index is -0.578. The summed E-state index contributed by atoms with van der Waals surface area (Å²) in [6.07, 6.45) is 0. The number of nitrogens with zero attached hydrogens (tertiary/aromatic N) is 1. The van der Waals surface area contributed by atoms with E-state index in [1.165, 1.54) is 12.1 Å². The third-order valence-electron chi connectivity index (χ3n) is 3.73. The molecule has 3 rings (SSSR count). The van der Waals surface area contributed by atoms with E-state index in [0.29, 0.717) is 28.4 Å².